The molecule has 112 valence electrons. The Morgan fingerprint density at radius 3 is 2.65 bits per heavy atom. The van der Waals surface area contributed by atoms with Crippen molar-refractivity contribution in [3.05, 3.63) is 70.4 Å². The fourth-order valence-corrected chi connectivity index (χ4v) is 2.14. The Morgan fingerprint density at radius 1 is 1.22 bits per heavy atom. The van der Waals surface area contributed by atoms with Crippen molar-refractivity contribution in [2.45, 2.75) is 0 Å². The molecule has 5 heteroatoms. The molecular formula is C18H12N2O3. The van der Waals surface area contributed by atoms with Gasteiger partial charge in [-0.1, -0.05) is 24.3 Å². The van der Waals surface area contributed by atoms with Crippen molar-refractivity contribution in [1.29, 1.82) is 5.26 Å². The van der Waals surface area contributed by atoms with Gasteiger partial charge in [0.15, 0.2) is 0 Å². The lowest BCUT2D eigenvalue weighted by molar-refractivity contribution is 0.415. The molecule has 0 fully saturated rings. The summed E-state index contributed by atoms with van der Waals surface area (Å²) < 4.78 is 10.3. The minimum atomic E-state index is -0.513. The first-order chi connectivity index (χ1) is 11.2. The third kappa shape index (κ3) is 2.97. The second-order valence-electron chi connectivity index (χ2n) is 4.77. The number of hydrogen-bond donors (Lipinski definition) is 0. The minimum absolute atomic E-state index is 0.00650. The van der Waals surface area contributed by atoms with E-state index in [1.165, 1.54) is 0 Å². The first-order valence-electron chi connectivity index (χ1n) is 6.87. The second kappa shape index (κ2) is 6.16. The van der Waals surface area contributed by atoms with E-state index in [0.29, 0.717) is 10.9 Å². The number of hydrogen-bond acceptors (Lipinski definition) is 5. The number of allylic oxidation sites excluding steroid dienone is 1. The van der Waals surface area contributed by atoms with Crippen molar-refractivity contribution in [2.75, 3.05) is 7.11 Å². The highest BCUT2D eigenvalue weighted by atomic mass is 16.5. The average Bonchev–Trinajstić information content (AvgIpc) is 2.60. The molecule has 3 aromatic rings. The number of aromatic nitrogens is 1. The van der Waals surface area contributed by atoms with E-state index >= 15 is 0 Å². The van der Waals surface area contributed by atoms with Gasteiger partial charge >= 0.3 is 5.63 Å². The standard InChI is InChI=1S/C18H12N2O3/c1-22-14-8-6-12(7-9-14)10-13(11-19)17-20-16-5-3-2-4-15(16)18(21)23-17/h2-10H,1H3/b13-10+. The maximum Gasteiger partial charge on any atom is 0.347 e. The van der Waals surface area contributed by atoms with E-state index in [-0.39, 0.29) is 11.5 Å². The lowest BCUT2D eigenvalue weighted by atomic mass is 10.1. The summed E-state index contributed by atoms with van der Waals surface area (Å²) in [5.41, 5.74) is 0.939. The van der Waals surface area contributed by atoms with Crippen molar-refractivity contribution >= 4 is 22.6 Å². The van der Waals surface area contributed by atoms with Gasteiger partial charge in [0.1, 0.15) is 17.4 Å². The van der Waals surface area contributed by atoms with E-state index < -0.39 is 5.63 Å². The molecule has 0 atom stereocenters. The predicted molar refractivity (Wildman–Crippen MR) is 86.8 cm³/mol. The molecule has 0 aliphatic heterocycles. The summed E-state index contributed by atoms with van der Waals surface area (Å²) in [5.74, 6) is 0.725. The van der Waals surface area contributed by atoms with Crippen LogP contribution in [0.5, 0.6) is 5.75 Å². The monoisotopic (exact) mass is 304 g/mol. The Bertz CT molecular complexity index is 980. The maximum atomic E-state index is 12.0. The Morgan fingerprint density at radius 2 is 1.96 bits per heavy atom. The molecule has 0 saturated heterocycles. The number of benzene rings is 2. The first-order valence-corrected chi connectivity index (χ1v) is 6.87. The zero-order valence-corrected chi connectivity index (χ0v) is 12.3. The van der Waals surface area contributed by atoms with E-state index in [2.05, 4.69) is 4.98 Å². The molecule has 0 bridgehead atoms. The fourth-order valence-electron chi connectivity index (χ4n) is 2.14. The topological polar surface area (TPSA) is 76.1 Å². The molecule has 1 heterocycles. The van der Waals surface area contributed by atoms with Gasteiger partial charge in [0, 0.05) is 0 Å². The zero-order chi connectivity index (χ0) is 16.2. The summed E-state index contributed by atoms with van der Waals surface area (Å²) in [5, 5.41) is 9.75. The average molecular weight is 304 g/mol. The predicted octanol–water partition coefficient (Wildman–Crippen LogP) is 3.26. The van der Waals surface area contributed by atoms with Crippen molar-refractivity contribution in [2.24, 2.45) is 0 Å². The van der Waals surface area contributed by atoms with Crippen LogP contribution in [0.15, 0.2) is 57.7 Å². The van der Waals surface area contributed by atoms with E-state index in [0.717, 1.165) is 11.3 Å². The summed E-state index contributed by atoms with van der Waals surface area (Å²) in [6.07, 6.45) is 1.61. The molecule has 0 unspecified atom stereocenters. The van der Waals surface area contributed by atoms with Crippen LogP contribution in [0.3, 0.4) is 0 Å². The van der Waals surface area contributed by atoms with Crippen LogP contribution in [0.4, 0.5) is 0 Å². The normalized spacial score (nSPS) is 11.2. The molecule has 2 aromatic carbocycles. The van der Waals surface area contributed by atoms with Gasteiger partial charge in [0.2, 0.25) is 5.89 Å². The van der Waals surface area contributed by atoms with Crippen molar-refractivity contribution < 1.29 is 9.15 Å². The first kappa shape index (κ1) is 14.5. The van der Waals surface area contributed by atoms with Crippen LogP contribution in [0.1, 0.15) is 11.5 Å². The summed E-state index contributed by atoms with van der Waals surface area (Å²) in [6.45, 7) is 0. The number of fused-ring (bicyclic) bond motifs is 1. The number of nitrogens with zero attached hydrogens (tertiary/aromatic N) is 2. The van der Waals surface area contributed by atoms with Crippen LogP contribution in [0.2, 0.25) is 0 Å². The fraction of sp³-hybridized carbons (Fsp3) is 0.0556. The van der Waals surface area contributed by atoms with E-state index in [1.807, 2.05) is 6.07 Å². The van der Waals surface area contributed by atoms with Gasteiger partial charge in [-0.15, -0.1) is 0 Å². The molecule has 0 amide bonds. The van der Waals surface area contributed by atoms with Gasteiger partial charge in [0.25, 0.3) is 0 Å². The van der Waals surface area contributed by atoms with Gasteiger partial charge in [0.05, 0.1) is 18.0 Å². The highest BCUT2D eigenvalue weighted by molar-refractivity contribution is 5.88. The number of nitriles is 1. The summed E-state index contributed by atoms with van der Waals surface area (Å²) in [7, 11) is 1.58. The van der Waals surface area contributed by atoms with Crippen molar-refractivity contribution in [1.82, 2.24) is 4.98 Å². The zero-order valence-electron chi connectivity index (χ0n) is 12.3. The van der Waals surface area contributed by atoms with E-state index in [1.54, 1.807) is 61.7 Å². The van der Waals surface area contributed by atoms with Gasteiger partial charge in [-0.25, -0.2) is 9.78 Å². The molecule has 0 aliphatic rings. The minimum Gasteiger partial charge on any atom is -0.497 e. The Hall–Kier alpha value is -3.39. The van der Waals surface area contributed by atoms with Gasteiger partial charge in [-0.3, -0.25) is 0 Å². The molecule has 0 N–H and O–H groups in total. The smallest absolute Gasteiger partial charge is 0.347 e. The highest BCUT2D eigenvalue weighted by Gasteiger charge is 2.10. The Kier molecular flexibility index (Phi) is 3.89. The lowest BCUT2D eigenvalue weighted by Gasteiger charge is -2.02. The van der Waals surface area contributed by atoms with Gasteiger partial charge in [-0.2, -0.15) is 5.26 Å². The van der Waals surface area contributed by atoms with Crippen molar-refractivity contribution in [3.63, 3.8) is 0 Å². The largest absolute Gasteiger partial charge is 0.497 e. The number of rotatable bonds is 3. The van der Waals surface area contributed by atoms with Crippen LogP contribution in [0, 0.1) is 11.3 Å². The van der Waals surface area contributed by atoms with E-state index in [4.69, 9.17) is 9.15 Å². The molecule has 23 heavy (non-hydrogen) atoms. The molecule has 0 saturated carbocycles. The third-order valence-electron chi connectivity index (χ3n) is 3.31. The molecule has 3 rings (SSSR count). The SMILES string of the molecule is COc1ccc(/C=C(\C#N)c2nc3ccccc3c(=O)o2)cc1. The Labute approximate surface area is 132 Å². The highest BCUT2D eigenvalue weighted by Crippen LogP contribution is 2.19. The lowest BCUT2D eigenvalue weighted by Crippen LogP contribution is -2.04. The Balaban J connectivity index is 2.08. The number of methoxy groups -OCH3 is 1. The molecular weight excluding hydrogens is 292 g/mol. The van der Waals surface area contributed by atoms with Crippen LogP contribution in [-0.4, -0.2) is 12.1 Å². The van der Waals surface area contributed by atoms with Crippen LogP contribution in [0.25, 0.3) is 22.6 Å². The summed E-state index contributed by atoms with van der Waals surface area (Å²) in [6, 6.07) is 16.0. The van der Waals surface area contributed by atoms with Gasteiger partial charge in [-0.05, 0) is 35.9 Å². The molecule has 0 aliphatic carbocycles. The third-order valence-corrected chi connectivity index (χ3v) is 3.31. The van der Waals surface area contributed by atoms with Crippen LogP contribution < -0.4 is 10.4 Å². The number of para-hydroxylation sites is 1. The van der Waals surface area contributed by atoms with Crippen LogP contribution in [-0.2, 0) is 0 Å². The van der Waals surface area contributed by atoms with E-state index in [9.17, 15) is 10.1 Å². The van der Waals surface area contributed by atoms with Crippen LogP contribution >= 0.6 is 0 Å². The maximum absolute atomic E-state index is 12.0. The molecule has 5 nitrogen and oxygen atoms in total. The summed E-state index contributed by atoms with van der Waals surface area (Å²) in [4.78, 5) is 16.3. The summed E-state index contributed by atoms with van der Waals surface area (Å²) >= 11 is 0. The molecule has 0 spiro atoms. The molecule has 1 aromatic heterocycles. The second-order valence-corrected chi connectivity index (χ2v) is 4.77. The van der Waals surface area contributed by atoms with Crippen molar-refractivity contribution in [3.8, 4) is 11.8 Å². The molecule has 0 radical (unpaired) electrons. The quantitative estimate of drug-likeness (QED) is 0.694. The van der Waals surface area contributed by atoms with Gasteiger partial charge < -0.3 is 9.15 Å². The number of ether oxygens (including phenoxy) is 1.